The molecule has 10 heteroatoms. The highest BCUT2D eigenvalue weighted by molar-refractivity contribution is 7.98. The lowest BCUT2D eigenvalue weighted by atomic mass is 10.2. The number of piperazine rings is 1. The van der Waals surface area contributed by atoms with E-state index >= 15 is 0 Å². The molecule has 0 unspecified atom stereocenters. The summed E-state index contributed by atoms with van der Waals surface area (Å²) < 4.78 is 7.50. The fourth-order valence-electron chi connectivity index (χ4n) is 4.95. The maximum absolute atomic E-state index is 13.2. The summed E-state index contributed by atoms with van der Waals surface area (Å²) in [6.07, 6.45) is 0. The van der Waals surface area contributed by atoms with Gasteiger partial charge in [-0.3, -0.25) is 14.3 Å². The molecule has 6 rings (SSSR count). The fraction of sp³-hybridized carbons (Fsp3) is 0.250. The van der Waals surface area contributed by atoms with E-state index in [0.29, 0.717) is 24.5 Å². The summed E-state index contributed by atoms with van der Waals surface area (Å²) in [6, 6.07) is 26.6. The SMILES string of the molecule is COc1cccc(-c2nnc(SCc3nc(C(=O)N4CCN(Cc5ccccc5)CC4)cs3)n2-c2ccc(C)cc2)c1. The lowest BCUT2D eigenvalue weighted by molar-refractivity contribution is 0.0623. The van der Waals surface area contributed by atoms with E-state index in [1.807, 2.05) is 40.6 Å². The maximum atomic E-state index is 13.2. The second kappa shape index (κ2) is 12.9. The van der Waals surface area contributed by atoms with Crippen molar-refractivity contribution in [1.29, 1.82) is 0 Å². The van der Waals surface area contributed by atoms with Gasteiger partial charge in [-0.25, -0.2) is 4.98 Å². The molecule has 0 N–H and O–H groups in total. The molecule has 1 amide bonds. The van der Waals surface area contributed by atoms with Gasteiger partial charge in [0.2, 0.25) is 0 Å². The predicted octanol–water partition coefficient (Wildman–Crippen LogP) is 5.96. The average molecular weight is 597 g/mol. The van der Waals surface area contributed by atoms with E-state index in [4.69, 9.17) is 9.72 Å². The van der Waals surface area contributed by atoms with Gasteiger partial charge in [0, 0.05) is 49.4 Å². The zero-order chi connectivity index (χ0) is 28.9. The molecule has 5 aromatic rings. The number of carbonyl (C=O) groups excluding carboxylic acids is 1. The van der Waals surface area contributed by atoms with E-state index in [9.17, 15) is 4.79 Å². The average Bonchev–Trinajstić information content (AvgIpc) is 3.69. The minimum Gasteiger partial charge on any atom is -0.497 e. The number of hydrogen-bond acceptors (Lipinski definition) is 8. The molecule has 0 saturated carbocycles. The van der Waals surface area contributed by atoms with Crippen LogP contribution in [0.1, 0.15) is 26.6 Å². The van der Waals surface area contributed by atoms with Crippen LogP contribution in [0.25, 0.3) is 17.1 Å². The highest BCUT2D eigenvalue weighted by Gasteiger charge is 2.24. The third-order valence-corrected chi connectivity index (χ3v) is 9.23. The Hall–Kier alpha value is -3.99. The van der Waals surface area contributed by atoms with Crippen molar-refractivity contribution >= 4 is 29.0 Å². The lowest BCUT2D eigenvalue weighted by Crippen LogP contribution is -2.48. The minimum atomic E-state index is 0.00462. The van der Waals surface area contributed by atoms with Gasteiger partial charge in [0.05, 0.1) is 12.9 Å². The van der Waals surface area contributed by atoms with Gasteiger partial charge in [0.25, 0.3) is 5.91 Å². The van der Waals surface area contributed by atoms with Crippen molar-refractivity contribution in [2.45, 2.75) is 24.4 Å². The Balaban J connectivity index is 1.13. The van der Waals surface area contributed by atoms with Crippen LogP contribution >= 0.6 is 23.1 Å². The number of methoxy groups -OCH3 is 1. The number of aromatic nitrogens is 4. The molecule has 2 aromatic heterocycles. The van der Waals surface area contributed by atoms with Crippen molar-refractivity contribution < 1.29 is 9.53 Å². The molecule has 1 saturated heterocycles. The zero-order valence-electron chi connectivity index (χ0n) is 23.6. The molecule has 8 nitrogen and oxygen atoms in total. The predicted molar refractivity (Wildman–Crippen MR) is 167 cm³/mol. The number of aryl methyl sites for hydroxylation is 1. The van der Waals surface area contributed by atoms with Crippen molar-refractivity contribution in [2.75, 3.05) is 33.3 Å². The van der Waals surface area contributed by atoms with Crippen molar-refractivity contribution in [2.24, 2.45) is 0 Å². The molecule has 0 aliphatic carbocycles. The summed E-state index contributed by atoms with van der Waals surface area (Å²) >= 11 is 3.07. The van der Waals surface area contributed by atoms with Gasteiger partial charge < -0.3 is 9.64 Å². The minimum absolute atomic E-state index is 0.00462. The van der Waals surface area contributed by atoms with Crippen LogP contribution in [0, 0.1) is 6.92 Å². The first-order valence-electron chi connectivity index (χ1n) is 13.9. The van der Waals surface area contributed by atoms with Crippen LogP contribution in [0.5, 0.6) is 5.75 Å². The smallest absolute Gasteiger partial charge is 0.273 e. The molecule has 3 heterocycles. The Bertz CT molecular complexity index is 1640. The van der Waals surface area contributed by atoms with Crippen LogP contribution in [0.2, 0.25) is 0 Å². The first kappa shape index (κ1) is 28.1. The van der Waals surface area contributed by atoms with Gasteiger partial charge in [0.1, 0.15) is 16.5 Å². The highest BCUT2D eigenvalue weighted by atomic mass is 32.2. The molecule has 0 spiro atoms. The molecular formula is C32H32N6O2S2. The first-order chi connectivity index (χ1) is 20.6. The summed E-state index contributed by atoms with van der Waals surface area (Å²) in [7, 11) is 1.66. The third-order valence-electron chi connectivity index (χ3n) is 7.26. The van der Waals surface area contributed by atoms with Gasteiger partial charge in [-0.05, 0) is 36.8 Å². The van der Waals surface area contributed by atoms with Gasteiger partial charge in [-0.2, -0.15) is 0 Å². The van der Waals surface area contributed by atoms with Crippen LogP contribution < -0.4 is 4.74 Å². The van der Waals surface area contributed by atoms with Crippen molar-refractivity contribution in [3.05, 3.63) is 106 Å². The summed E-state index contributed by atoms with van der Waals surface area (Å²) in [5, 5.41) is 12.6. The van der Waals surface area contributed by atoms with Gasteiger partial charge in [-0.15, -0.1) is 21.5 Å². The molecule has 1 fully saturated rings. The number of hydrogen-bond donors (Lipinski definition) is 0. The van der Waals surface area contributed by atoms with Crippen molar-refractivity contribution in [3.8, 4) is 22.8 Å². The van der Waals surface area contributed by atoms with E-state index in [1.54, 1.807) is 18.9 Å². The molecule has 42 heavy (non-hydrogen) atoms. The number of rotatable bonds is 9. The van der Waals surface area contributed by atoms with Crippen molar-refractivity contribution in [3.63, 3.8) is 0 Å². The Labute approximate surface area is 254 Å². The number of benzene rings is 3. The van der Waals surface area contributed by atoms with Gasteiger partial charge in [0.15, 0.2) is 11.0 Å². The van der Waals surface area contributed by atoms with Crippen molar-refractivity contribution in [1.82, 2.24) is 29.5 Å². The molecule has 1 aliphatic heterocycles. The molecule has 3 aromatic carbocycles. The summed E-state index contributed by atoms with van der Waals surface area (Å²) in [4.78, 5) is 22.3. The van der Waals surface area contributed by atoms with Crippen LogP contribution in [-0.2, 0) is 12.3 Å². The number of thioether (sulfide) groups is 1. The number of thiazole rings is 1. The monoisotopic (exact) mass is 596 g/mol. The van der Waals surface area contributed by atoms with Crippen LogP contribution in [0.15, 0.2) is 89.4 Å². The largest absolute Gasteiger partial charge is 0.497 e. The molecular weight excluding hydrogens is 565 g/mol. The Morgan fingerprint density at radius 3 is 2.50 bits per heavy atom. The van der Waals surface area contributed by atoms with Crippen LogP contribution in [-0.4, -0.2) is 68.7 Å². The van der Waals surface area contributed by atoms with E-state index in [2.05, 4.69) is 75.1 Å². The summed E-state index contributed by atoms with van der Waals surface area (Å²) in [6.45, 7) is 6.11. The zero-order valence-corrected chi connectivity index (χ0v) is 25.3. The molecule has 214 valence electrons. The van der Waals surface area contributed by atoms with E-state index in [0.717, 1.165) is 52.6 Å². The number of ether oxygens (including phenoxy) is 1. The van der Waals surface area contributed by atoms with Crippen LogP contribution in [0.4, 0.5) is 0 Å². The van der Waals surface area contributed by atoms with E-state index in [-0.39, 0.29) is 5.91 Å². The standard InChI is InChI=1S/C32H32N6O2S2/c1-23-11-13-26(14-12-23)38-30(25-9-6-10-27(19-25)40-2)34-35-32(38)42-22-29-33-28(21-41-29)31(39)37-17-15-36(16-18-37)20-24-7-4-3-5-8-24/h3-14,19,21H,15-18,20,22H2,1-2H3. The van der Waals surface area contributed by atoms with E-state index < -0.39 is 0 Å². The topological polar surface area (TPSA) is 76.4 Å². The van der Waals surface area contributed by atoms with Crippen LogP contribution in [0.3, 0.4) is 0 Å². The first-order valence-corrected chi connectivity index (χ1v) is 15.7. The second-order valence-electron chi connectivity index (χ2n) is 10.2. The Morgan fingerprint density at radius 1 is 0.952 bits per heavy atom. The quantitative estimate of drug-likeness (QED) is 0.195. The molecule has 0 bridgehead atoms. The normalized spacial score (nSPS) is 13.8. The third kappa shape index (κ3) is 6.41. The molecule has 0 radical (unpaired) electrons. The van der Waals surface area contributed by atoms with Gasteiger partial charge in [-0.1, -0.05) is 71.9 Å². The Kier molecular flexibility index (Phi) is 8.64. The highest BCUT2D eigenvalue weighted by Crippen LogP contribution is 2.32. The number of amides is 1. The summed E-state index contributed by atoms with van der Waals surface area (Å²) in [5.41, 5.74) is 4.89. The number of nitrogens with zero attached hydrogens (tertiary/aromatic N) is 6. The molecule has 1 aliphatic rings. The van der Waals surface area contributed by atoms with Gasteiger partial charge >= 0.3 is 0 Å². The Morgan fingerprint density at radius 2 is 1.74 bits per heavy atom. The number of carbonyl (C=O) groups is 1. The second-order valence-corrected chi connectivity index (χ2v) is 12.1. The fourth-order valence-corrected chi connectivity index (χ4v) is 6.69. The molecule has 0 atom stereocenters. The maximum Gasteiger partial charge on any atom is 0.273 e. The van der Waals surface area contributed by atoms with E-state index in [1.165, 1.54) is 22.5 Å². The lowest BCUT2D eigenvalue weighted by Gasteiger charge is -2.34. The summed E-state index contributed by atoms with van der Waals surface area (Å²) in [5.74, 6) is 2.09.